The largest absolute Gasteiger partial charge is 0.494 e. The van der Waals surface area contributed by atoms with Crippen LogP contribution in [-0.4, -0.2) is 27.7 Å². The number of hydrogen-bond acceptors (Lipinski definition) is 3. The molecule has 0 fully saturated rings. The van der Waals surface area contributed by atoms with Gasteiger partial charge in [0.1, 0.15) is 0 Å². The molecule has 16 heavy (non-hydrogen) atoms. The standard InChI is InChI=1S/C11H16N2O3/c1-12-9(14)6-3-4-7-8(5-6)11(16)13(2)10(7)15/h6,15-16H,3-5H2,1-2H3,(H,12,14). The summed E-state index contributed by atoms with van der Waals surface area (Å²) in [7, 11) is 3.22. The van der Waals surface area contributed by atoms with Crippen LogP contribution in [0.2, 0.25) is 0 Å². The number of nitrogens with one attached hydrogen (secondary N) is 1. The lowest BCUT2D eigenvalue weighted by Gasteiger charge is -2.20. The molecule has 5 heteroatoms. The molecule has 3 N–H and O–H groups in total. The highest BCUT2D eigenvalue weighted by Crippen LogP contribution is 2.39. The summed E-state index contributed by atoms with van der Waals surface area (Å²) in [6.45, 7) is 0. The summed E-state index contributed by atoms with van der Waals surface area (Å²) in [5.41, 5.74) is 1.49. The van der Waals surface area contributed by atoms with Crippen molar-refractivity contribution < 1.29 is 15.0 Å². The Hall–Kier alpha value is -1.65. The van der Waals surface area contributed by atoms with Crippen LogP contribution in [0.3, 0.4) is 0 Å². The fraction of sp³-hybridized carbons (Fsp3) is 0.545. The SMILES string of the molecule is CNC(=O)C1CCc2c(c(O)n(C)c2O)C1. The van der Waals surface area contributed by atoms with E-state index in [1.807, 2.05) is 0 Å². The molecule has 1 amide bonds. The number of carbonyl (C=O) groups excluding carboxylic acids is 1. The Balaban J connectivity index is 2.34. The zero-order chi connectivity index (χ0) is 11.9. The molecular weight excluding hydrogens is 208 g/mol. The number of fused-ring (bicyclic) bond motifs is 1. The quantitative estimate of drug-likeness (QED) is 0.641. The Morgan fingerprint density at radius 2 is 2.00 bits per heavy atom. The predicted octanol–water partition coefficient (Wildman–Crippen LogP) is 0.287. The van der Waals surface area contributed by atoms with Crippen molar-refractivity contribution in [1.29, 1.82) is 0 Å². The van der Waals surface area contributed by atoms with E-state index in [0.717, 1.165) is 5.56 Å². The van der Waals surface area contributed by atoms with E-state index < -0.39 is 0 Å². The summed E-state index contributed by atoms with van der Waals surface area (Å²) in [5, 5.41) is 22.2. The highest BCUT2D eigenvalue weighted by atomic mass is 16.3. The van der Waals surface area contributed by atoms with Gasteiger partial charge in [-0.05, 0) is 19.3 Å². The van der Waals surface area contributed by atoms with E-state index in [4.69, 9.17) is 0 Å². The van der Waals surface area contributed by atoms with Crippen molar-refractivity contribution in [1.82, 2.24) is 9.88 Å². The second-order valence-corrected chi connectivity index (χ2v) is 4.22. The fourth-order valence-corrected chi connectivity index (χ4v) is 2.35. The van der Waals surface area contributed by atoms with Gasteiger partial charge >= 0.3 is 0 Å². The number of aromatic hydroxyl groups is 2. The van der Waals surface area contributed by atoms with E-state index in [1.54, 1.807) is 14.1 Å². The van der Waals surface area contributed by atoms with E-state index in [2.05, 4.69) is 5.32 Å². The van der Waals surface area contributed by atoms with Crippen molar-refractivity contribution in [3.8, 4) is 11.8 Å². The maximum absolute atomic E-state index is 11.5. The third-order valence-corrected chi connectivity index (χ3v) is 3.35. The molecule has 1 aliphatic carbocycles. The summed E-state index contributed by atoms with van der Waals surface area (Å²) >= 11 is 0. The van der Waals surface area contributed by atoms with Crippen LogP contribution in [0.5, 0.6) is 11.8 Å². The van der Waals surface area contributed by atoms with Crippen LogP contribution in [-0.2, 0) is 24.7 Å². The van der Waals surface area contributed by atoms with Gasteiger partial charge in [0.2, 0.25) is 5.91 Å². The molecule has 5 nitrogen and oxygen atoms in total. The van der Waals surface area contributed by atoms with Gasteiger partial charge in [0.25, 0.3) is 0 Å². The van der Waals surface area contributed by atoms with Crippen molar-refractivity contribution in [2.45, 2.75) is 19.3 Å². The van der Waals surface area contributed by atoms with Crippen LogP contribution in [0, 0.1) is 5.92 Å². The molecule has 1 heterocycles. The van der Waals surface area contributed by atoms with Crippen LogP contribution in [0.15, 0.2) is 0 Å². The molecule has 2 rings (SSSR count). The van der Waals surface area contributed by atoms with Gasteiger partial charge in [-0.15, -0.1) is 0 Å². The van der Waals surface area contributed by atoms with Crippen molar-refractivity contribution in [3.05, 3.63) is 11.1 Å². The van der Waals surface area contributed by atoms with Gasteiger partial charge in [0.05, 0.1) is 0 Å². The molecule has 0 aliphatic heterocycles. The molecule has 1 aromatic rings. The Kier molecular flexibility index (Phi) is 2.53. The highest BCUT2D eigenvalue weighted by Gasteiger charge is 2.30. The molecule has 1 aromatic heterocycles. The summed E-state index contributed by atoms with van der Waals surface area (Å²) in [4.78, 5) is 11.5. The first-order valence-corrected chi connectivity index (χ1v) is 5.36. The van der Waals surface area contributed by atoms with Gasteiger partial charge in [-0.1, -0.05) is 0 Å². The van der Waals surface area contributed by atoms with Crippen LogP contribution >= 0.6 is 0 Å². The van der Waals surface area contributed by atoms with Crippen LogP contribution < -0.4 is 5.32 Å². The van der Waals surface area contributed by atoms with E-state index in [9.17, 15) is 15.0 Å². The average Bonchev–Trinajstić information content (AvgIpc) is 2.53. The van der Waals surface area contributed by atoms with Crippen molar-refractivity contribution in [2.75, 3.05) is 7.05 Å². The predicted molar refractivity (Wildman–Crippen MR) is 58.3 cm³/mol. The van der Waals surface area contributed by atoms with Gasteiger partial charge in [0.15, 0.2) is 11.8 Å². The molecule has 88 valence electrons. The molecule has 0 saturated carbocycles. The van der Waals surface area contributed by atoms with Gasteiger partial charge in [-0.25, -0.2) is 0 Å². The molecule has 1 atom stereocenters. The maximum atomic E-state index is 11.5. The topological polar surface area (TPSA) is 74.5 Å². The lowest BCUT2D eigenvalue weighted by molar-refractivity contribution is -0.124. The van der Waals surface area contributed by atoms with Crippen LogP contribution in [0.25, 0.3) is 0 Å². The smallest absolute Gasteiger partial charge is 0.223 e. The van der Waals surface area contributed by atoms with Crippen LogP contribution in [0.1, 0.15) is 17.5 Å². The van der Waals surface area contributed by atoms with Gasteiger partial charge in [-0.2, -0.15) is 0 Å². The summed E-state index contributed by atoms with van der Waals surface area (Å²) < 4.78 is 1.36. The zero-order valence-corrected chi connectivity index (χ0v) is 9.45. The third-order valence-electron chi connectivity index (χ3n) is 3.35. The Morgan fingerprint density at radius 1 is 1.38 bits per heavy atom. The molecule has 1 unspecified atom stereocenters. The molecular formula is C11H16N2O3. The lowest BCUT2D eigenvalue weighted by Crippen LogP contribution is -2.31. The number of carbonyl (C=O) groups is 1. The molecule has 1 aliphatic rings. The van der Waals surface area contributed by atoms with E-state index in [1.165, 1.54) is 4.57 Å². The van der Waals surface area contributed by atoms with Crippen molar-refractivity contribution in [2.24, 2.45) is 13.0 Å². The van der Waals surface area contributed by atoms with Crippen molar-refractivity contribution in [3.63, 3.8) is 0 Å². The second-order valence-electron chi connectivity index (χ2n) is 4.22. The normalized spacial score (nSPS) is 19.2. The maximum Gasteiger partial charge on any atom is 0.223 e. The summed E-state index contributed by atoms with van der Waals surface area (Å²) in [5.74, 6) is 0.0718. The number of aromatic nitrogens is 1. The van der Waals surface area contributed by atoms with Gasteiger partial charge in [-0.3, -0.25) is 9.36 Å². The Labute approximate surface area is 93.7 Å². The molecule has 0 aromatic carbocycles. The Bertz CT molecular complexity index is 437. The monoisotopic (exact) mass is 224 g/mol. The number of nitrogens with zero attached hydrogens (tertiary/aromatic N) is 1. The minimum absolute atomic E-state index is 0.00612. The first kappa shape index (κ1) is 10.9. The first-order chi connectivity index (χ1) is 7.56. The molecule has 0 bridgehead atoms. The van der Waals surface area contributed by atoms with Gasteiger partial charge < -0.3 is 15.5 Å². The zero-order valence-electron chi connectivity index (χ0n) is 9.45. The Morgan fingerprint density at radius 3 is 2.62 bits per heavy atom. The van der Waals surface area contributed by atoms with Crippen LogP contribution in [0.4, 0.5) is 0 Å². The number of rotatable bonds is 1. The van der Waals surface area contributed by atoms with Crippen molar-refractivity contribution >= 4 is 5.91 Å². The number of hydrogen-bond donors (Lipinski definition) is 3. The summed E-state index contributed by atoms with van der Waals surface area (Å²) in [6.07, 6.45) is 1.84. The minimum Gasteiger partial charge on any atom is -0.494 e. The number of amides is 1. The molecule has 0 spiro atoms. The summed E-state index contributed by atoms with van der Waals surface area (Å²) in [6, 6.07) is 0. The van der Waals surface area contributed by atoms with E-state index in [0.29, 0.717) is 24.8 Å². The first-order valence-electron chi connectivity index (χ1n) is 5.36. The minimum atomic E-state index is -0.106. The third kappa shape index (κ3) is 1.43. The molecule has 0 radical (unpaired) electrons. The highest BCUT2D eigenvalue weighted by molar-refractivity contribution is 5.79. The second kappa shape index (κ2) is 3.73. The van der Waals surface area contributed by atoms with E-state index in [-0.39, 0.29) is 23.6 Å². The average molecular weight is 224 g/mol. The van der Waals surface area contributed by atoms with E-state index >= 15 is 0 Å². The molecule has 0 saturated heterocycles. The lowest BCUT2D eigenvalue weighted by atomic mass is 9.85. The van der Waals surface area contributed by atoms with Gasteiger partial charge in [0, 0.05) is 31.1 Å². The fourth-order valence-electron chi connectivity index (χ4n) is 2.35.